The Labute approximate surface area is 59.3 Å². The van der Waals surface area contributed by atoms with E-state index >= 15 is 0 Å². The molecule has 38 valence electrons. The molecule has 3 heteroatoms. The van der Waals surface area contributed by atoms with E-state index in [0.717, 1.165) is 4.48 Å². The fourth-order valence-corrected chi connectivity index (χ4v) is 0.166. The summed E-state index contributed by atoms with van der Waals surface area (Å²) >= 11 is 6.12. The molecule has 0 aromatic rings. The standard InChI is InChI=1S/C4H3Br2N/c1-3(5)4(6)2-7/h1H3/b4-3+. The van der Waals surface area contributed by atoms with Gasteiger partial charge in [0.05, 0.1) is 0 Å². The number of hydrogen-bond donors (Lipinski definition) is 0. The number of hydrogen-bond acceptors (Lipinski definition) is 1. The van der Waals surface area contributed by atoms with Crippen molar-refractivity contribution in [2.75, 3.05) is 0 Å². The van der Waals surface area contributed by atoms with E-state index in [1.54, 1.807) is 6.92 Å². The van der Waals surface area contributed by atoms with Crippen molar-refractivity contribution in [1.29, 1.82) is 5.26 Å². The molecule has 0 aliphatic rings. The Morgan fingerprint density at radius 2 is 2.00 bits per heavy atom. The second-order valence-corrected chi connectivity index (χ2v) is 2.94. The van der Waals surface area contributed by atoms with Gasteiger partial charge in [-0.2, -0.15) is 5.26 Å². The molecule has 0 spiro atoms. The summed E-state index contributed by atoms with van der Waals surface area (Å²) in [6.45, 7) is 1.80. The summed E-state index contributed by atoms with van der Waals surface area (Å²) < 4.78 is 1.38. The predicted octanol–water partition coefficient (Wildman–Crippen LogP) is 2.53. The van der Waals surface area contributed by atoms with E-state index in [0.29, 0.717) is 4.48 Å². The molecule has 0 fully saturated rings. The van der Waals surface area contributed by atoms with E-state index in [2.05, 4.69) is 31.9 Å². The number of nitriles is 1. The van der Waals surface area contributed by atoms with E-state index in [4.69, 9.17) is 5.26 Å². The Bertz CT molecular complexity index is 127. The highest BCUT2D eigenvalue weighted by Gasteiger charge is 1.87. The second kappa shape index (κ2) is 3.23. The SMILES string of the molecule is C/C(Br)=C(\Br)C#N. The maximum absolute atomic E-state index is 8.12. The van der Waals surface area contributed by atoms with Gasteiger partial charge in [0.25, 0.3) is 0 Å². The summed E-state index contributed by atoms with van der Waals surface area (Å²) in [5.74, 6) is 0. The number of nitrogens with zero attached hydrogens (tertiary/aromatic N) is 1. The first-order valence-corrected chi connectivity index (χ1v) is 3.19. The normalized spacial score (nSPS) is 12.3. The van der Waals surface area contributed by atoms with Crippen molar-refractivity contribution >= 4 is 31.9 Å². The number of halogens is 2. The van der Waals surface area contributed by atoms with Gasteiger partial charge in [0.15, 0.2) is 0 Å². The van der Waals surface area contributed by atoms with Gasteiger partial charge in [0.2, 0.25) is 0 Å². The minimum Gasteiger partial charge on any atom is -0.192 e. The molecule has 0 rings (SSSR count). The Kier molecular flexibility index (Phi) is 3.31. The molecule has 0 atom stereocenters. The largest absolute Gasteiger partial charge is 0.192 e. The lowest BCUT2D eigenvalue weighted by molar-refractivity contribution is 1.52. The number of allylic oxidation sites excluding steroid dienone is 2. The number of rotatable bonds is 0. The van der Waals surface area contributed by atoms with Crippen LogP contribution in [0.1, 0.15) is 6.92 Å². The third-order valence-electron chi connectivity index (χ3n) is 0.401. The fourth-order valence-electron chi connectivity index (χ4n) is 0.0770. The third kappa shape index (κ3) is 2.84. The summed E-state index contributed by atoms with van der Waals surface area (Å²) in [5.41, 5.74) is 0. The molecule has 0 radical (unpaired) electrons. The molecule has 0 amide bonds. The Morgan fingerprint density at radius 1 is 1.57 bits per heavy atom. The highest BCUT2D eigenvalue weighted by molar-refractivity contribution is 9.14. The van der Waals surface area contributed by atoms with E-state index in [1.807, 2.05) is 6.07 Å². The van der Waals surface area contributed by atoms with Crippen LogP contribution in [-0.2, 0) is 0 Å². The van der Waals surface area contributed by atoms with E-state index in [9.17, 15) is 0 Å². The van der Waals surface area contributed by atoms with Crippen LogP contribution in [0.4, 0.5) is 0 Å². The van der Waals surface area contributed by atoms with Gasteiger partial charge in [-0.25, -0.2) is 0 Å². The van der Waals surface area contributed by atoms with Crippen LogP contribution in [0.25, 0.3) is 0 Å². The first kappa shape index (κ1) is 7.19. The molecule has 0 saturated carbocycles. The van der Waals surface area contributed by atoms with Crippen LogP contribution in [0.3, 0.4) is 0 Å². The van der Waals surface area contributed by atoms with Crippen molar-refractivity contribution in [2.45, 2.75) is 6.92 Å². The van der Waals surface area contributed by atoms with Gasteiger partial charge in [-0.3, -0.25) is 0 Å². The van der Waals surface area contributed by atoms with Gasteiger partial charge >= 0.3 is 0 Å². The molecule has 0 unspecified atom stereocenters. The van der Waals surface area contributed by atoms with Gasteiger partial charge in [-0.1, -0.05) is 15.9 Å². The van der Waals surface area contributed by atoms with Crippen LogP contribution in [0, 0.1) is 11.3 Å². The van der Waals surface area contributed by atoms with Gasteiger partial charge in [0, 0.05) is 4.48 Å². The topological polar surface area (TPSA) is 23.8 Å². The van der Waals surface area contributed by atoms with Crippen molar-refractivity contribution in [3.8, 4) is 6.07 Å². The third-order valence-corrected chi connectivity index (χ3v) is 2.10. The maximum Gasteiger partial charge on any atom is 0.108 e. The highest BCUT2D eigenvalue weighted by Crippen LogP contribution is 2.14. The molecule has 0 bridgehead atoms. The zero-order chi connectivity index (χ0) is 5.86. The van der Waals surface area contributed by atoms with Gasteiger partial charge in [0.1, 0.15) is 10.6 Å². The van der Waals surface area contributed by atoms with Gasteiger partial charge < -0.3 is 0 Å². The molecule has 0 aliphatic heterocycles. The molecule has 0 saturated heterocycles. The van der Waals surface area contributed by atoms with Crippen molar-refractivity contribution in [3.05, 3.63) is 8.96 Å². The quantitative estimate of drug-likeness (QED) is 0.581. The highest BCUT2D eigenvalue weighted by atomic mass is 79.9. The summed E-state index contributed by atoms with van der Waals surface area (Å²) in [5, 5.41) is 8.12. The lowest BCUT2D eigenvalue weighted by Crippen LogP contribution is -1.60. The molecular formula is C4H3Br2N. The summed E-state index contributed by atoms with van der Waals surface area (Å²) in [4.78, 5) is 0. The van der Waals surface area contributed by atoms with Gasteiger partial charge in [-0.15, -0.1) is 0 Å². The lowest BCUT2D eigenvalue weighted by Gasteiger charge is -1.80. The summed E-state index contributed by atoms with van der Waals surface area (Å²) in [7, 11) is 0. The predicted molar refractivity (Wildman–Crippen MR) is 36.2 cm³/mol. The fraction of sp³-hybridized carbons (Fsp3) is 0.250. The monoisotopic (exact) mass is 223 g/mol. The average Bonchev–Trinajstić information content (AvgIpc) is 1.65. The van der Waals surface area contributed by atoms with Crippen LogP contribution in [0.15, 0.2) is 8.96 Å². The lowest BCUT2D eigenvalue weighted by atomic mass is 10.6. The first-order chi connectivity index (χ1) is 3.18. The van der Waals surface area contributed by atoms with Gasteiger partial charge in [-0.05, 0) is 22.9 Å². The Balaban J connectivity index is 4.07. The summed E-state index contributed by atoms with van der Waals surface area (Å²) in [6, 6.07) is 1.91. The van der Waals surface area contributed by atoms with Crippen LogP contribution in [0.2, 0.25) is 0 Å². The van der Waals surface area contributed by atoms with Crippen molar-refractivity contribution in [1.82, 2.24) is 0 Å². The van der Waals surface area contributed by atoms with Crippen molar-refractivity contribution in [3.63, 3.8) is 0 Å². The van der Waals surface area contributed by atoms with Crippen LogP contribution >= 0.6 is 31.9 Å². The van der Waals surface area contributed by atoms with Crippen LogP contribution in [-0.4, -0.2) is 0 Å². The van der Waals surface area contributed by atoms with Crippen molar-refractivity contribution < 1.29 is 0 Å². The minimum atomic E-state index is 0.549. The smallest absolute Gasteiger partial charge is 0.108 e. The molecule has 0 N–H and O–H groups in total. The minimum absolute atomic E-state index is 0.549. The van der Waals surface area contributed by atoms with Crippen molar-refractivity contribution in [2.24, 2.45) is 0 Å². The van der Waals surface area contributed by atoms with Crippen LogP contribution in [0.5, 0.6) is 0 Å². The molecule has 0 aromatic heterocycles. The molecule has 7 heavy (non-hydrogen) atoms. The molecule has 0 aliphatic carbocycles. The second-order valence-electron chi connectivity index (χ2n) is 0.959. The average molecular weight is 225 g/mol. The molecule has 1 nitrogen and oxygen atoms in total. The van der Waals surface area contributed by atoms with Crippen LogP contribution < -0.4 is 0 Å². The maximum atomic E-state index is 8.12. The molecule has 0 heterocycles. The first-order valence-electron chi connectivity index (χ1n) is 1.60. The van der Waals surface area contributed by atoms with E-state index < -0.39 is 0 Å². The Morgan fingerprint density at radius 3 is 2.00 bits per heavy atom. The zero-order valence-electron chi connectivity index (χ0n) is 3.70. The van der Waals surface area contributed by atoms with E-state index in [1.165, 1.54) is 0 Å². The Hall–Kier alpha value is 0.190. The molecular weight excluding hydrogens is 222 g/mol. The zero-order valence-corrected chi connectivity index (χ0v) is 6.88. The summed E-state index contributed by atoms with van der Waals surface area (Å²) in [6.07, 6.45) is 0. The molecule has 0 aromatic carbocycles. The van der Waals surface area contributed by atoms with E-state index in [-0.39, 0.29) is 0 Å².